The van der Waals surface area contributed by atoms with Crippen LogP contribution in [0.4, 0.5) is 5.82 Å². The molecule has 0 spiro atoms. The molecule has 0 saturated heterocycles. The van der Waals surface area contributed by atoms with E-state index >= 15 is 0 Å². The van der Waals surface area contributed by atoms with Gasteiger partial charge in [0.2, 0.25) is 0 Å². The fraction of sp³-hybridized carbons (Fsp3) is 0.385. The molecule has 2 aromatic rings. The number of aromatic nitrogens is 2. The van der Waals surface area contributed by atoms with Crippen molar-refractivity contribution in [1.29, 1.82) is 0 Å². The molecule has 1 aliphatic rings. The van der Waals surface area contributed by atoms with Gasteiger partial charge in [0.15, 0.2) is 5.82 Å². The summed E-state index contributed by atoms with van der Waals surface area (Å²) in [7, 11) is 0. The molecule has 18 heavy (non-hydrogen) atoms. The number of hydrogen-bond acceptors (Lipinski definition) is 4. The molecule has 0 radical (unpaired) electrons. The van der Waals surface area contributed by atoms with Gasteiger partial charge in [0.05, 0.1) is 8.66 Å². The molecule has 0 fully saturated rings. The van der Waals surface area contributed by atoms with Gasteiger partial charge in [0, 0.05) is 17.8 Å². The van der Waals surface area contributed by atoms with Gasteiger partial charge in [-0.1, -0.05) is 0 Å². The van der Waals surface area contributed by atoms with E-state index in [0.29, 0.717) is 0 Å². The van der Waals surface area contributed by atoms with E-state index in [9.17, 15) is 0 Å². The summed E-state index contributed by atoms with van der Waals surface area (Å²) in [5, 5.41) is 3.37. The Balaban J connectivity index is 2.08. The Morgan fingerprint density at radius 3 is 2.94 bits per heavy atom. The second-order valence-electron chi connectivity index (χ2n) is 4.31. The quantitative estimate of drug-likeness (QED) is 0.931. The standard InChI is InChI=1S/C13H14BrN3S/c1-2-15-12-8-4-3-5-9(8)16-13(17-12)10-6-7-11(14)18-10/h6-7H,2-5H2,1H3,(H,15,16,17). The predicted molar refractivity (Wildman–Crippen MR) is 79.2 cm³/mol. The van der Waals surface area contributed by atoms with Gasteiger partial charge in [-0.25, -0.2) is 9.97 Å². The highest BCUT2D eigenvalue weighted by Gasteiger charge is 2.19. The van der Waals surface area contributed by atoms with E-state index in [1.165, 1.54) is 17.7 Å². The second kappa shape index (κ2) is 4.97. The summed E-state index contributed by atoms with van der Waals surface area (Å²) in [6.07, 6.45) is 3.38. The highest BCUT2D eigenvalue weighted by molar-refractivity contribution is 9.11. The number of thiophene rings is 1. The molecule has 1 aliphatic carbocycles. The van der Waals surface area contributed by atoms with E-state index in [-0.39, 0.29) is 0 Å². The molecule has 0 bridgehead atoms. The van der Waals surface area contributed by atoms with Crippen molar-refractivity contribution in [1.82, 2.24) is 9.97 Å². The van der Waals surface area contributed by atoms with Gasteiger partial charge < -0.3 is 5.32 Å². The monoisotopic (exact) mass is 323 g/mol. The maximum absolute atomic E-state index is 4.72. The number of rotatable bonds is 3. The summed E-state index contributed by atoms with van der Waals surface area (Å²) >= 11 is 5.17. The average molecular weight is 324 g/mol. The maximum Gasteiger partial charge on any atom is 0.171 e. The average Bonchev–Trinajstić information content (AvgIpc) is 2.97. The normalized spacial score (nSPS) is 13.7. The Kier molecular flexibility index (Phi) is 3.35. The SMILES string of the molecule is CCNc1nc(-c2ccc(Br)s2)nc2c1CCC2. The van der Waals surface area contributed by atoms with Crippen LogP contribution in [0.3, 0.4) is 0 Å². The van der Waals surface area contributed by atoms with Crippen LogP contribution in [0.1, 0.15) is 24.6 Å². The van der Waals surface area contributed by atoms with Crippen molar-refractivity contribution >= 4 is 33.1 Å². The summed E-state index contributed by atoms with van der Waals surface area (Å²) in [5.41, 5.74) is 2.54. The molecule has 0 saturated carbocycles. The van der Waals surface area contributed by atoms with Gasteiger partial charge in [0.25, 0.3) is 0 Å². The van der Waals surface area contributed by atoms with Crippen molar-refractivity contribution in [3.8, 4) is 10.7 Å². The van der Waals surface area contributed by atoms with Gasteiger partial charge >= 0.3 is 0 Å². The zero-order valence-electron chi connectivity index (χ0n) is 10.2. The molecule has 0 atom stereocenters. The van der Waals surface area contributed by atoms with Crippen LogP contribution in [0, 0.1) is 0 Å². The van der Waals surface area contributed by atoms with Crippen LogP contribution in [0.25, 0.3) is 10.7 Å². The van der Waals surface area contributed by atoms with Crippen LogP contribution in [0.5, 0.6) is 0 Å². The number of nitrogens with zero attached hydrogens (tertiary/aromatic N) is 2. The fourth-order valence-electron chi connectivity index (χ4n) is 2.29. The Morgan fingerprint density at radius 1 is 1.33 bits per heavy atom. The smallest absolute Gasteiger partial charge is 0.171 e. The lowest BCUT2D eigenvalue weighted by Gasteiger charge is -2.10. The first-order chi connectivity index (χ1) is 8.78. The minimum atomic E-state index is 0.849. The van der Waals surface area contributed by atoms with Crippen molar-refractivity contribution in [2.24, 2.45) is 0 Å². The molecule has 2 heterocycles. The van der Waals surface area contributed by atoms with E-state index in [4.69, 9.17) is 4.98 Å². The van der Waals surface area contributed by atoms with Crippen molar-refractivity contribution in [2.75, 3.05) is 11.9 Å². The molecule has 1 N–H and O–H groups in total. The molecule has 5 heteroatoms. The van der Waals surface area contributed by atoms with Crippen molar-refractivity contribution in [3.05, 3.63) is 27.2 Å². The third-order valence-electron chi connectivity index (χ3n) is 3.07. The molecular weight excluding hydrogens is 310 g/mol. The summed E-state index contributed by atoms with van der Waals surface area (Å²) in [6.45, 7) is 3.00. The predicted octanol–water partition coefficient (Wildman–Crippen LogP) is 3.89. The third kappa shape index (κ3) is 2.17. The van der Waals surface area contributed by atoms with Crippen LogP contribution in [0.15, 0.2) is 15.9 Å². The molecule has 0 aliphatic heterocycles. The number of anilines is 1. The zero-order chi connectivity index (χ0) is 12.5. The van der Waals surface area contributed by atoms with Gasteiger partial charge in [0.1, 0.15) is 5.82 Å². The number of hydrogen-bond donors (Lipinski definition) is 1. The Morgan fingerprint density at radius 2 is 2.22 bits per heavy atom. The Labute approximate surface area is 119 Å². The highest BCUT2D eigenvalue weighted by Crippen LogP contribution is 2.33. The van der Waals surface area contributed by atoms with Crippen LogP contribution in [-0.4, -0.2) is 16.5 Å². The molecule has 3 rings (SSSR count). The molecule has 3 nitrogen and oxygen atoms in total. The lowest BCUT2D eigenvalue weighted by molar-refractivity contribution is 0.900. The molecule has 0 amide bonds. The van der Waals surface area contributed by atoms with E-state index in [2.05, 4.69) is 39.2 Å². The number of halogens is 1. The van der Waals surface area contributed by atoms with E-state index < -0.39 is 0 Å². The van der Waals surface area contributed by atoms with E-state index in [1.807, 2.05) is 6.07 Å². The van der Waals surface area contributed by atoms with Gasteiger partial charge in [-0.05, 0) is 54.2 Å². The molecular formula is C13H14BrN3S. The van der Waals surface area contributed by atoms with Crippen molar-refractivity contribution < 1.29 is 0 Å². The summed E-state index contributed by atoms with van der Waals surface area (Å²) < 4.78 is 1.12. The fourth-order valence-corrected chi connectivity index (χ4v) is 3.61. The maximum atomic E-state index is 4.72. The third-order valence-corrected chi connectivity index (χ3v) is 4.69. The van der Waals surface area contributed by atoms with Gasteiger partial charge in [-0.15, -0.1) is 11.3 Å². The highest BCUT2D eigenvalue weighted by atomic mass is 79.9. The first kappa shape index (κ1) is 12.1. The molecule has 2 aromatic heterocycles. The lowest BCUT2D eigenvalue weighted by atomic mass is 10.2. The number of aryl methyl sites for hydroxylation is 1. The number of nitrogens with one attached hydrogen (secondary N) is 1. The second-order valence-corrected chi connectivity index (χ2v) is 6.77. The molecule has 0 unspecified atom stereocenters. The van der Waals surface area contributed by atoms with E-state index in [1.54, 1.807) is 11.3 Å². The van der Waals surface area contributed by atoms with E-state index in [0.717, 1.165) is 39.7 Å². The van der Waals surface area contributed by atoms with Gasteiger partial charge in [-0.3, -0.25) is 0 Å². The Bertz CT molecular complexity index is 580. The summed E-state index contributed by atoms with van der Waals surface area (Å²) in [6, 6.07) is 4.12. The largest absolute Gasteiger partial charge is 0.370 e. The van der Waals surface area contributed by atoms with Crippen LogP contribution >= 0.6 is 27.3 Å². The minimum Gasteiger partial charge on any atom is -0.370 e. The first-order valence-electron chi connectivity index (χ1n) is 6.17. The van der Waals surface area contributed by atoms with Crippen LogP contribution < -0.4 is 5.32 Å². The van der Waals surface area contributed by atoms with Crippen LogP contribution in [-0.2, 0) is 12.8 Å². The minimum absolute atomic E-state index is 0.849. The van der Waals surface area contributed by atoms with Gasteiger partial charge in [-0.2, -0.15) is 0 Å². The van der Waals surface area contributed by atoms with Crippen LogP contribution in [0.2, 0.25) is 0 Å². The molecule has 0 aromatic carbocycles. The molecule has 94 valence electrons. The lowest BCUT2D eigenvalue weighted by Crippen LogP contribution is -2.06. The number of fused-ring (bicyclic) bond motifs is 1. The first-order valence-corrected chi connectivity index (χ1v) is 7.78. The van der Waals surface area contributed by atoms with Crippen molar-refractivity contribution in [3.63, 3.8) is 0 Å². The Hall–Kier alpha value is -0.940. The zero-order valence-corrected chi connectivity index (χ0v) is 12.6. The topological polar surface area (TPSA) is 37.8 Å². The summed E-state index contributed by atoms with van der Waals surface area (Å²) in [5.74, 6) is 1.88. The van der Waals surface area contributed by atoms with Crippen molar-refractivity contribution in [2.45, 2.75) is 26.2 Å². The summed E-state index contributed by atoms with van der Waals surface area (Å²) in [4.78, 5) is 10.5.